The highest BCUT2D eigenvalue weighted by atomic mass is 32.1. The van der Waals surface area contributed by atoms with Crippen LogP contribution in [-0.4, -0.2) is 34.8 Å². The van der Waals surface area contributed by atoms with Crippen LogP contribution in [0.1, 0.15) is 31.9 Å². The molecule has 162 valence electrons. The number of anilines is 2. The predicted molar refractivity (Wildman–Crippen MR) is 126 cm³/mol. The smallest absolute Gasteiger partial charge is 0.234 e. The van der Waals surface area contributed by atoms with Crippen molar-refractivity contribution in [2.45, 2.75) is 38.8 Å². The fourth-order valence-electron chi connectivity index (χ4n) is 3.70. The average molecular weight is 438 g/mol. The number of hydrogen-bond acceptors (Lipinski definition) is 6. The molecule has 0 spiro atoms. The first kappa shape index (κ1) is 21.1. The minimum atomic E-state index is 0.411. The molecule has 1 atom stereocenters. The summed E-state index contributed by atoms with van der Waals surface area (Å²) in [5.74, 6) is 3.38. The van der Waals surface area contributed by atoms with Crippen molar-refractivity contribution in [3.05, 3.63) is 54.3 Å². The maximum Gasteiger partial charge on any atom is 0.234 e. The van der Waals surface area contributed by atoms with E-state index in [0.717, 1.165) is 42.3 Å². The molecule has 7 nitrogen and oxygen atoms in total. The molecular weight excluding hydrogens is 410 g/mol. The lowest BCUT2D eigenvalue weighted by atomic mass is 10.0. The second kappa shape index (κ2) is 9.78. The standard InChI is InChI=1S/C23H27N5O2S/c1-16-8-6-7-13-28(16)20-14-21(29-2)26-22(25-20)27-23(31)24-15-18-11-12-19(30-18)17-9-4-3-5-10-17/h3-5,9-12,14,16H,6-8,13,15H2,1-2H3,(H2,24,25,26,27,31)/t16-/m0/s1. The molecule has 1 fully saturated rings. The molecule has 1 aromatic carbocycles. The number of nitrogens with one attached hydrogen (secondary N) is 2. The lowest BCUT2D eigenvalue weighted by Crippen LogP contribution is -2.38. The van der Waals surface area contributed by atoms with Gasteiger partial charge in [-0.05, 0) is 50.5 Å². The molecule has 4 rings (SSSR count). The van der Waals surface area contributed by atoms with Gasteiger partial charge in [-0.25, -0.2) is 0 Å². The van der Waals surface area contributed by atoms with Gasteiger partial charge in [0.05, 0.1) is 13.7 Å². The fourth-order valence-corrected chi connectivity index (χ4v) is 3.87. The van der Waals surface area contributed by atoms with Gasteiger partial charge in [-0.2, -0.15) is 9.97 Å². The molecule has 1 aliphatic rings. The molecule has 0 radical (unpaired) electrons. The third-order valence-electron chi connectivity index (χ3n) is 5.36. The van der Waals surface area contributed by atoms with Crippen LogP contribution in [0.15, 0.2) is 52.9 Å². The van der Waals surface area contributed by atoms with Crippen LogP contribution in [0.4, 0.5) is 11.8 Å². The number of aromatic nitrogens is 2. The van der Waals surface area contributed by atoms with E-state index in [1.54, 1.807) is 7.11 Å². The molecule has 0 aliphatic carbocycles. The summed E-state index contributed by atoms with van der Waals surface area (Å²) in [7, 11) is 1.60. The number of nitrogens with zero attached hydrogens (tertiary/aromatic N) is 3. The topological polar surface area (TPSA) is 75.5 Å². The predicted octanol–water partition coefficient (Wildman–Crippen LogP) is 4.61. The van der Waals surface area contributed by atoms with Gasteiger partial charge in [0.1, 0.15) is 17.3 Å². The first-order valence-electron chi connectivity index (χ1n) is 10.5. The molecule has 0 saturated carbocycles. The molecule has 2 aromatic heterocycles. The van der Waals surface area contributed by atoms with Crippen molar-refractivity contribution in [1.29, 1.82) is 0 Å². The summed E-state index contributed by atoms with van der Waals surface area (Å²) in [5.41, 5.74) is 1.04. The van der Waals surface area contributed by atoms with Gasteiger partial charge in [-0.1, -0.05) is 30.3 Å². The fraction of sp³-hybridized carbons (Fsp3) is 0.348. The Labute approximate surface area is 187 Å². The van der Waals surface area contributed by atoms with Crippen LogP contribution in [0.25, 0.3) is 11.3 Å². The third-order valence-corrected chi connectivity index (χ3v) is 5.61. The number of furan rings is 1. The number of methoxy groups -OCH3 is 1. The van der Waals surface area contributed by atoms with Crippen LogP contribution in [0.2, 0.25) is 0 Å². The molecule has 31 heavy (non-hydrogen) atoms. The third kappa shape index (κ3) is 5.32. The molecule has 2 N–H and O–H groups in total. The molecule has 0 unspecified atom stereocenters. The Morgan fingerprint density at radius 1 is 1.19 bits per heavy atom. The summed E-state index contributed by atoms with van der Waals surface area (Å²) in [5, 5.41) is 6.64. The minimum absolute atomic E-state index is 0.411. The second-order valence-electron chi connectivity index (χ2n) is 7.57. The maximum atomic E-state index is 5.91. The SMILES string of the molecule is COc1cc(N2CCCC[C@@H]2C)nc(NC(=S)NCc2ccc(-c3ccccc3)o2)n1. The number of rotatable bonds is 6. The second-order valence-corrected chi connectivity index (χ2v) is 7.98. The molecule has 8 heteroatoms. The summed E-state index contributed by atoms with van der Waals surface area (Å²) in [6.07, 6.45) is 3.56. The van der Waals surface area contributed by atoms with Gasteiger partial charge >= 0.3 is 0 Å². The van der Waals surface area contributed by atoms with Gasteiger partial charge in [0.25, 0.3) is 0 Å². The summed E-state index contributed by atoms with van der Waals surface area (Å²) in [6, 6.07) is 16.2. The van der Waals surface area contributed by atoms with E-state index in [0.29, 0.717) is 29.5 Å². The van der Waals surface area contributed by atoms with E-state index >= 15 is 0 Å². The summed E-state index contributed by atoms with van der Waals surface area (Å²) < 4.78 is 11.3. The first-order chi connectivity index (χ1) is 15.1. The zero-order chi connectivity index (χ0) is 21.6. The largest absolute Gasteiger partial charge is 0.481 e. The monoisotopic (exact) mass is 437 g/mol. The highest BCUT2D eigenvalue weighted by molar-refractivity contribution is 7.80. The average Bonchev–Trinajstić information content (AvgIpc) is 3.27. The number of piperidine rings is 1. The van der Waals surface area contributed by atoms with Gasteiger partial charge < -0.3 is 24.7 Å². The van der Waals surface area contributed by atoms with Gasteiger partial charge in [-0.15, -0.1) is 0 Å². The van der Waals surface area contributed by atoms with Crippen LogP contribution in [0.3, 0.4) is 0 Å². The van der Waals surface area contributed by atoms with Crippen LogP contribution in [0, 0.1) is 0 Å². The Hall–Kier alpha value is -3.13. The number of hydrogen-bond donors (Lipinski definition) is 2. The Bertz CT molecular complexity index is 1020. The van der Waals surface area contributed by atoms with E-state index < -0.39 is 0 Å². The van der Waals surface area contributed by atoms with E-state index in [1.807, 2.05) is 48.5 Å². The summed E-state index contributed by atoms with van der Waals surface area (Å²) in [6.45, 7) is 3.66. The van der Waals surface area contributed by atoms with Crippen molar-refractivity contribution in [2.75, 3.05) is 23.9 Å². The zero-order valence-electron chi connectivity index (χ0n) is 17.8. The lowest BCUT2D eigenvalue weighted by molar-refractivity contribution is 0.396. The van der Waals surface area contributed by atoms with Crippen molar-refractivity contribution in [1.82, 2.24) is 15.3 Å². The number of thiocarbonyl (C=S) groups is 1. The van der Waals surface area contributed by atoms with Crippen molar-refractivity contribution in [3.8, 4) is 17.2 Å². The minimum Gasteiger partial charge on any atom is -0.481 e. The van der Waals surface area contributed by atoms with Gasteiger partial charge in [0, 0.05) is 24.2 Å². The Balaban J connectivity index is 1.39. The van der Waals surface area contributed by atoms with Crippen LogP contribution < -0.4 is 20.3 Å². The van der Waals surface area contributed by atoms with E-state index in [2.05, 4.69) is 32.4 Å². The number of ether oxygens (including phenoxy) is 1. The van der Waals surface area contributed by atoms with Crippen molar-refractivity contribution in [3.63, 3.8) is 0 Å². The number of benzene rings is 1. The van der Waals surface area contributed by atoms with E-state index in [-0.39, 0.29) is 0 Å². The van der Waals surface area contributed by atoms with Gasteiger partial charge in [-0.3, -0.25) is 0 Å². The summed E-state index contributed by atoms with van der Waals surface area (Å²) >= 11 is 5.44. The Morgan fingerprint density at radius 3 is 2.81 bits per heavy atom. The highest BCUT2D eigenvalue weighted by Gasteiger charge is 2.21. The van der Waals surface area contributed by atoms with Gasteiger partial charge in [0.2, 0.25) is 11.8 Å². The lowest BCUT2D eigenvalue weighted by Gasteiger charge is -2.34. The van der Waals surface area contributed by atoms with Crippen LogP contribution >= 0.6 is 12.2 Å². The van der Waals surface area contributed by atoms with E-state index in [4.69, 9.17) is 21.4 Å². The Kier molecular flexibility index (Phi) is 6.66. The van der Waals surface area contributed by atoms with Crippen molar-refractivity contribution < 1.29 is 9.15 Å². The Morgan fingerprint density at radius 2 is 2.03 bits per heavy atom. The maximum absolute atomic E-state index is 5.91. The molecule has 0 bridgehead atoms. The highest BCUT2D eigenvalue weighted by Crippen LogP contribution is 2.26. The van der Waals surface area contributed by atoms with Gasteiger partial charge in [0.15, 0.2) is 5.11 Å². The first-order valence-corrected chi connectivity index (χ1v) is 10.9. The van der Waals surface area contributed by atoms with Crippen molar-refractivity contribution >= 4 is 29.1 Å². The molecule has 0 amide bonds. The van der Waals surface area contributed by atoms with Crippen molar-refractivity contribution in [2.24, 2.45) is 0 Å². The molecule has 1 aliphatic heterocycles. The molecule has 1 saturated heterocycles. The molecular formula is C23H27N5O2S. The normalized spacial score (nSPS) is 16.1. The van der Waals surface area contributed by atoms with E-state index in [9.17, 15) is 0 Å². The van der Waals surface area contributed by atoms with Crippen LogP contribution in [-0.2, 0) is 6.54 Å². The van der Waals surface area contributed by atoms with Crippen LogP contribution in [0.5, 0.6) is 5.88 Å². The molecule has 3 heterocycles. The zero-order valence-corrected chi connectivity index (χ0v) is 18.6. The van der Waals surface area contributed by atoms with E-state index in [1.165, 1.54) is 6.42 Å². The quantitative estimate of drug-likeness (QED) is 0.542. The summed E-state index contributed by atoms with van der Waals surface area (Å²) in [4.78, 5) is 11.4. The molecule has 3 aromatic rings.